The number of aryl methyl sites for hydroxylation is 1. The molecule has 0 spiro atoms. The van der Waals surface area contributed by atoms with Crippen LogP contribution in [0.5, 0.6) is 0 Å². The van der Waals surface area contributed by atoms with Crippen LogP contribution in [0.2, 0.25) is 0 Å². The molecule has 0 N–H and O–H groups in total. The lowest BCUT2D eigenvalue weighted by Gasteiger charge is -1.87. The molecule has 2 rings (SSSR count). The monoisotopic (exact) mass is 148 g/mol. The van der Waals surface area contributed by atoms with Gasteiger partial charge in [-0.25, -0.2) is 0 Å². The molecule has 1 atom stereocenters. The Kier molecular flexibility index (Phi) is 1.28. The molecule has 0 saturated heterocycles. The Balaban J connectivity index is 2.93. The van der Waals surface area contributed by atoms with Crippen molar-refractivity contribution in [1.29, 1.82) is 0 Å². The molecule has 50 valence electrons. The fourth-order valence-corrected chi connectivity index (χ4v) is 2.24. The topological polar surface area (TPSA) is 0 Å². The van der Waals surface area contributed by atoms with Crippen LogP contribution in [0, 0.1) is 6.92 Å². The van der Waals surface area contributed by atoms with E-state index < -0.39 is 0 Å². The second kappa shape index (κ2) is 2.14. The summed E-state index contributed by atoms with van der Waals surface area (Å²) in [5.74, 6) is 2.31. The van der Waals surface area contributed by atoms with Crippen molar-refractivity contribution in [3.05, 3.63) is 35.4 Å². The third-order valence-electron chi connectivity index (χ3n) is 1.81. The van der Waals surface area contributed by atoms with Crippen LogP contribution in [-0.4, -0.2) is 0 Å². The first-order valence-electron chi connectivity index (χ1n) is 3.40. The molecule has 0 saturated carbocycles. The maximum Gasteiger partial charge on any atom is -0.0114 e. The third kappa shape index (κ3) is 0.767. The molecule has 1 unspecified atom stereocenters. The van der Waals surface area contributed by atoms with Gasteiger partial charge in [0.1, 0.15) is 0 Å². The second-order valence-electron chi connectivity index (χ2n) is 2.50. The minimum atomic E-state index is 0.912. The number of benzene rings is 1. The fourth-order valence-electron chi connectivity index (χ4n) is 1.23. The van der Waals surface area contributed by atoms with E-state index in [1.165, 1.54) is 16.1 Å². The molecule has 0 radical (unpaired) electrons. The van der Waals surface area contributed by atoms with Gasteiger partial charge in [-0.05, 0) is 28.8 Å². The highest BCUT2D eigenvalue weighted by molar-refractivity contribution is 7.31. The molecular formula is C9H9P. The summed E-state index contributed by atoms with van der Waals surface area (Å²) in [6, 6.07) is 8.57. The van der Waals surface area contributed by atoms with Crippen molar-refractivity contribution in [2.75, 3.05) is 0 Å². The normalized spacial score (nSPS) is 11.3. The van der Waals surface area contributed by atoms with E-state index in [2.05, 4.69) is 37.0 Å². The zero-order valence-electron chi connectivity index (χ0n) is 5.89. The average molecular weight is 148 g/mol. The lowest BCUT2D eigenvalue weighted by atomic mass is 10.2. The molecule has 0 fully saturated rings. The SMILES string of the molecule is Cc1[pH]cc2ccccc12. The van der Waals surface area contributed by atoms with Crippen molar-refractivity contribution >= 4 is 19.0 Å². The van der Waals surface area contributed by atoms with Gasteiger partial charge in [0, 0.05) is 0 Å². The maximum absolute atomic E-state index is 2.31. The van der Waals surface area contributed by atoms with Crippen molar-refractivity contribution in [1.82, 2.24) is 0 Å². The van der Waals surface area contributed by atoms with Crippen LogP contribution in [0.3, 0.4) is 0 Å². The van der Waals surface area contributed by atoms with E-state index in [0.29, 0.717) is 0 Å². The molecule has 1 heteroatoms. The summed E-state index contributed by atoms with van der Waals surface area (Å²) in [5.41, 5.74) is 0. The fraction of sp³-hybridized carbons (Fsp3) is 0.111. The predicted octanol–water partition coefficient (Wildman–Crippen LogP) is 3.18. The van der Waals surface area contributed by atoms with Crippen LogP contribution in [0.25, 0.3) is 10.8 Å². The Morgan fingerprint density at radius 3 is 2.80 bits per heavy atom. The van der Waals surface area contributed by atoms with Crippen LogP contribution < -0.4 is 0 Å². The summed E-state index contributed by atoms with van der Waals surface area (Å²) in [7, 11) is 0.912. The molecule has 0 nitrogen and oxygen atoms in total. The van der Waals surface area contributed by atoms with Gasteiger partial charge in [0.15, 0.2) is 0 Å². The summed E-state index contributed by atoms with van der Waals surface area (Å²) in [5, 5.41) is 4.38. The van der Waals surface area contributed by atoms with E-state index in [0.717, 1.165) is 8.19 Å². The molecule has 0 aliphatic rings. The van der Waals surface area contributed by atoms with Crippen molar-refractivity contribution in [3.8, 4) is 0 Å². The Bertz CT molecular complexity index is 346. The van der Waals surface area contributed by atoms with Gasteiger partial charge in [-0.1, -0.05) is 24.3 Å². The molecule has 1 heterocycles. The Labute approximate surface area is 62.0 Å². The smallest absolute Gasteiger partial charge is 0.0114 e. The molecule has 1 aromatic carbocycles. The van der Waals surface area contributed by atoms with Crippen LogP contribution >= 0.6 is 8.19 Å². The second-order valence-corrected chi connectivity index (χ2v) is 3.83. The van der Waals surface area contributed by atoms with Gasteiger partial charge in [-0.3, -0.25) is 0 Å². The summed E-state index contributed by atoms with van der Waals surface area (Å²) in [4.78, 5) is 0. The lowest BCUT2D eigenvalue weighted by Crippen LogP contribution is -1.63. The summed E-state index contributed by atoms with van der Waals surface area (Å²) < 4.78 is 0. The van der Waals surface area contributed by atoms with Crippen LogP contribution in [0.15, 0.2) is 30.1 Å². The van der Waals surface area contributed by atoms with E-state index >= 15 is 0 Å². The number of hydrogen-bond donors (Lipinski definition) is 0. The minimum Gasteiger partial charge on any atom is -0.136 e. The van der Waals surface area contributed by atoms with Crippen molar-refractivity contribution in [3.63, 3.8) is 0 Å². The Hall–Kier alpha value is -0.740. The highest BCUT2D eigenvalue weighted by Gasteiger charge is 1.94. The van der Waals surface area contributed by atoms with Crippen molar-refractivity contribution in [2.24, 2.45) is 0 Å². The summed E-state index contributed by atoms with van der Waals surface area (Å²) in [6.45, 7) is 2.21. The summed E-state index contributed by atoms with van der Waals surface area (Å²) in [6.07, 6.45) is 0. The zero-order valence-corrected chi connectivity index (χ0v) is 6.89. The largest absolute Gasteiger partial charge is 0.136 e. The van der Waals surface area contributed by atoms with E-state index in [4.69, 9.17) is 0 Å². The van der Waals surface area contributed by atoms with Gasteiger partial charge in [-0.2, -0.15) is 0 Å². The van der Waals surface area contributed by atoms with E-state index in [1.54, 1.807) is 0 Å². The predicted molar refractivity (Wildman–Crippen MR) is 48.2 cm³/mol. The highest BCUT2D eigenvalue weighted by Crippen LogP contribution is 2.27. The quantitative estimate of drug-likeness (QED) is 0.538. The molecule has 1 aromatic heterocycles. The van der Waals surface area contributed by atoms with Crippen molar-refractivity contribution in [2.45, 2.75) is 6.92 Å². The molecule has 0 bridgehead atoms. The van der Waals surface area contributed by atoms with E-state index in [9.17, 15) is 0 Å². The first-order chi connectivity index (χ1) is 4.88. The van der Waals surface area contributed by atoms with E-state index in [1.807, 2.05) is 0 Å². The minimum absolute atomic E-state index is 0.912. The molecule has 2 aromatic rings. The van der Waals surface area contributed by atoms with Gasteiger partial charge in [0.2, 0.25) is 0 Å². The molecular weight excluding hydrogens is 139 g/mol. The number of fused-ring (bicyclic) bond motifs is 1. The van der Waals surface area contributed by atoms with Crippen LogP contribution in [0.4, 0.5) is 0 Å². The van der Waals surface area contributed by atoms with Gasteiger partial charge in [-0.15, -0.1) is 8.19 Å². The molecule has 0 amide bonds. The highest BCUT2D eigenvalue weighted by atomic mass is 31.0. The molecule has 0 aliphatic carbocycles. The van der Waals surface area contributed by atoms with E-state index in [-0.39, 0.29) is 0 Å². The van der Waals surface area contributed by atoms with Gasteiger partial charge in [0.25, 0.3) is 0 Å². The number of hydrogen-bond acceptors (Lipinski definition) is 0. The Morgan fingerprint density at radius 2 is 2.00 bits per heavy atom. The van der Waals surface area contributed by atoms with Gasteiger partial charge >= 0.3 is 0 Å². The first-order valence-corrected chi connectivity index (χ1v) is 4.48. The Morgan fingerprint density at radius 1 is 1.20 bits per heavy atom. The lowest BCUT2D eigenvalue weighted by molar-refractivity contribution is 1.68. The van der Waals surface area contributed by atoms with Crippen LogP contribution in [-0.2, 0) is 0 Å². The van der Waals surface area contributed by atoms with Gasteiger partial charge < -0.3 is 0 Å². The van der Waals surface area contributed by atoms with Crippen LogP contribution in [0.1, 0.15) is 5.30 Å². The van der Waals surface area contributed by atoms with Gasteiger partial charge in [0.05, 0.1) is 0 Å². The molecule has 10 heavy (non-hydrogen) atoms. The third-order valence-corrected chi connectivity index (χ3v) is 2.97. The number of rotatable bonds is 0. The standard InChI is InChI=1S/C9H9P/c1-7-9-5-3-2-4-8(9)6-10-7/h2-6,10H,1H3. The molecule has 0 aliphatic heterocycles. The average Bonchev–Trinajstić information content (AvgIpc) is 2.34. The maximum atomic E-state index is 2.31. The van der Waals surface area contributed by atoms with Crippen molar-refractivity contribution < 1.29 is 0 Å². The zero-order chi connectivity index (χ0) is 6.97. The first kappa shape index (κ1) is 6.00. The summed E-state index contributed by atoms with van der Waals surface area (Å²) >= 11 is 0.